The molecule has 19 heavy (non-hydrogen) atoms. The molecule has 0 heterocycles. The van der Waals surface area contributed by atoms with Crippen molar-refractivity contribution in [1.29, 1.82) is 0 Å². The summed E-state index contributed by atoms with van der Waals surface area (Å²) in [6.45, 7) is 3.82. The molecule has 0 bridgehead atoms. The van der Waals surface area contributed by atoms with Crippen LogP contribution in [0.3, 0.4) is 0 Å². The van der Waals surface area contributed by atoms with Crippen molar-refractivity contribution in [3.8, 4) is 5.75 Å². The highest BCUT2D eigenvalue weighted by molar-refractivity contribution is 5.33. The summed E-state index contributed by atoms with van der Waals surface area (Å²) in [6.07, 6.45) is 2.42. The Bertz CT molecular complexity index is 344. The lowest BCUT2D eigenvalue weighted by Gasteiger charge is -2.17. The van der Waals surface area contributed by atoms with E-state index in [-0.39, 0.29) is 19.3 Å². The number of hydrogen-bond acceptors (Lipinski definition) is 4. The van der Waals surface area contributed by atoms with E-state index in [1.54, 1.807) is 0 Å². The molecule has 4 nitrogen and oxygen atoms in total. The molecule has 0 fully saturated rings. The zero-order valence-electron chi connectivity index (χ0n) is 11.6. The van der Waals surface area contributed by atoms with E-state index < -0.39 is 0 Å². The van der Waals surface area contributed by atoms with Crippen LogP contribution < -0.4 is 10.1 Å². The molecule has 1 rings (SSSR count). The molecule has 0 saturated heterocycles. The molecule has 108 valence electrons. The van der Waals surface area contributed by atoms with Crippen LogP contribution in [0, 0.1) is 0 Å². The van der Waals surface area contributed by atoms with Crippen molar-refractivity contribution in [3.05, 3.63) is 29.8 Å². The average molecular weight is 267 g/mol. The molecular weight excluding hydrogens is 242 g/mol. The minimum atomic E-state index is 0.0879. The van der Waals surface area contributed by atoms with Crippen LogP contribution in [0.25, 0.3) is 0 Å². The zero-order chi connectivity index (χ0) is 13.9. The predicted octanol–water partition coefficient (Wildman–Crippen LogP) is 1.35. The summed E-state index contributed by atoms with van der Waals surface area (Å²) < 4.78 is 5.74. The Balaban J connectivity index is 2.39. The smallest absolute Gasteiger partial charge is 0.122 e. The van der Waals surface area contributed by atoms with Crippen LogP contribution in [0.5, 0.6) is 5.75 Å². The molecule has 1 aromatic rings. The number of aliphatic hydroxyl groups is 2. The monoisotopic (exact) mass is 267 g/mol. The second kappa shape index (κ2) is 9.78. The van der Waals surface area contributed by atoms with Gasteiger partial charge in [0.1, 0.15) is 5.75 Å². The number of rotatable bonds is 10. The van der Waals surface area contributed by atoms with Crippen LogP contribution in [-0.2, 0) is 6.42 Å². The van der Waals surface area contributed by atoms with E-state index in [4.69, 9.17) is 9.84 Å². The molecule has 0 spiro atoms. The van der Waals surface area contributed by atoms with Crippen molar-refractivity contribution >= 4 is 0 Å². The first-order valence-corrected chi connectivity index (χ1v) is 6.97. The van der Waals surface area contributed by atoms with Crippen molar-refractivity contribution in [2.45, 2.75) is 32.2 Å². The number of para-hydroxylation sites is 1. The van der Waals surface area contributed by atoms with Gasteiger partial charge >= 0.3 is 0 Å². The van der Waals surface area contributed by atoms with Gasteiger partial charge in [-0.1, -0.05) is 25.1 Å². The van der Waals surface area contributed by atoms with Gasteiger partial charge in [-0.15, -0.1) is 0 Å². The zero-order valence-corrected chi connectivity index (χ0v) is 11.6. The van der Waals surface area contributed by atoms with E-state index in [0.29, 0.717) is 13.0 Å². The third-order valence-electron chi connectivity index (χ3n) is 2.98. The van der Waals surface area contributed by atoms with Gasteiger partial charge in [-0.25, -0.2) is 0 Å². The van der Waals surface area contributed by atoms with E-state index in [0.717, 1.165) is 30.7 Å². The Morgan fingerprint density at radius 1 is 1.26 bits per heavy atom. The van der Waals surface area contributed by atoms with Gasteiger partial charge in [-0.2, -0.15) is 0 Å². The second-order valence-corrected chi connectivity index (χ2v) is 4.55. The SMILES string of the molecule is CCCNC(CO)CCOc1ccccc1CCO. The lowest BCUT2D eigenvalue weighted by atomic mass is 10.1. The van der Waals surface area contributed by atoms with Gasteiger partial charge in [0.05, 0.1) is 13.2 Å². The van der Waals surface area contributed by atoms with Gasteiger partial charge in [-0.3, -0.25) is 0 Å². The van der Waals surface area contributed by atoms with E-state index in [1.807, 2.05) is 24.3 Å². The number of hydrogen-bond donors (Lipinski definition) is 3. The molecule has 1 unspecified atom stereocenters. The fraction of sp³-hybridized carbons (Fsp3) is 0.600. The summed E-state index contributed by atoms with van der Waals surface area (Å²) in [5.74, 6) is 0.823. The summed E-state index contributed by atoms with van der Waals surface area (Å²) in [6, 6.07) is 7.83. The molecule has 4 heteroatoms. The fourth-order valence-electron chi connectivity index (χ4n) is 1.89. The third-order valence-corrected chi connectivity index (χ3v) is 2.98. The molecule has 0 aliphatic heterocycles. The lowest BCUT2D eigenvalue weighted by molar-refractivity contribution is 0.208. The highest BCUT2D eigenvalue weighted by Crippen LogP contribution is 2.18. The van der Waals surface area contributed by atoms with Crippen LogP contribution in [0.1, 0.15) is 25.3 Å². The number of benzene rings is 1. The van der Waals surface area contributed by atoms with Crippen molar-refractivity contribution in [1.82, 2.24) is 5.32 Å². The average Bonchev–Trinajstić information content (AvgIpc) is 2.44. The highest BCUT2D eigenvalue weighted by Gasteiger charge is 2.07. The summed E-state index contributed by atoms with van der Waals surface area (Å²) in [7, 11) is 0. The minimum Gasteiger partial charge on any atom is -0.493 e. The van der Waals surface area contributed by atoms with Crippen molar-refractivity contribution in [3.63, 3.8) is 0 Å². The van der Waals surface area contributed by atoms with Gasteiger partial charge in [-0.05, 0) is 37.4 Å². The summed E-state index contributed by atoms with van der Waals surface area (Å²) >= 11 is 0. The second-order valence-electron chi connectivity index (χ2n) is 4.55. The van der Waals surface area contributed by atoms with E-state index in [9.17, 15) is 5.11 Å². The molecule has 0 aliphatic carbocycles. The largest absolute Gasteiger partial charge is 0.493 e. The first kappa shape index (κ1) is 16.0. The van der Waals surface area contributed by atoms with E-state index in [1.165, 1.54) is 0 Å². The fourth-order valence-corrected chi connectivity index (χ4v) is 1.89. The lowest BCUT2D eigenvalue weighted by Crippen LogP contribution is -2.34. The molecule has 0 saturated carbocycles. The van der Waals surface area contributed by atoms with E-state index >= 15 is 0 Å². The van der Waals surface area contributed by atoms with Crippen molar-refractivity contribution in [2.24, 2.45) is 0 Å². The summed E-state index contributed by atoms with van der Waals surface area (Å²) in [5, 5.41) is 21.5. The maximum Gasteiger partial charge on any atom is 0.122 e. The Morgan fingerprint density at radius 3 is 2.74 bits per heavy atom. The number of ether oxygens (including phenoxy) is 1. The Hall–Kier alpha value is -1.10. The van der Waals surface area contributed by atoms with Crippen LogP contribution in [0.2, 0.25) is 0 Å². The van der Waals surface area contributed by atoms with Gasteiger partial charge in [0.2, 0.25) is 0 Å². The number of nitrogens with one attached hydrogen (secondary N) is 1. The third kappa shape index (κ3) is 6.05. The van der Waals surface area contributed by atoms with Crippen LogP contribution in [0.15, 0.2) is 24.3 Å². The van der Waals surface area contributed by atoms with Gasteiger partial charge in [0, 0.05) is 12.6 Å². The van der Waals surface area contributed by atoms with Gasteiger partial charge in [0.15, 0.2) is 0 Å². The minimum absolute atomic E-state index is 0.0879. The maximum atomic E-state index is 9.24. The Kier molecular flexibility index (Phi) is 8.21. The van der Waals surface area contributed by atoms with Crippen molar-refractivity contribution in [2.75, 3.05) is 26.4 Å². The van der Waals surface area contributed by atoms with Gasteiger partial charge < -0.3 is 20.3 Å². The molecule has 0 radical (unpaired) electrons. The first-order chi connectivity index (χ1) is 9.31. The normalized spacial score (nSPS) is 12.4. The first-order valence-electron chi connectivity index (χ1n) is 6.97. The highest BCUT2D eigenvalue weighted by atomic mass is 16.5. The molecule has 0 aromatic heterocycles. The van der Waals surface area contributed by atoms with Crippen LogP contribution >= 0.6 is 0 Å². The van der Waals surface area contributed by atoms with Gasteiger partial charge in [0.25, 0.3) is 0 Å². The van der Waals surface area contributed by atoms with Crippen LogP contribution in [-0.4, -0.2) is 42.6 Å². The molecule has 1 atom stereocenters. The summed E-state index contributed by atoms with van der Waals surface area (Å²) in [5.41, 5.74) is 1.02. The van der Waals surface area contributed by atoms with E-state index in [2.05, 4.69) is 12.2 Å². The van der Waals surface area contributed by atoms with Crippen molar-refractivity contribution < 1.29 is 14.9 Å². The topological polar surface area (TPSA) is 61.7 Å². The Labute approximate surface area is 115 Å². The maximum absolute atomic E-state index is 9.24. The molecule has 0 aliphatic rings. The molecule has 0 amide bonds. The predicted molar refractivity (Wildman–Crippen MR) is 76.5 cm³/mol. The Morgan fingerprint density at radius 2 is 2.05 bits per heavy atom. The quantitative estimate of drug-likeness (QED) is 0.599. The molecule has 3 N–H and O–H groups in total. The summed E-state index contributed by atoms with van der Waals surface area (Å²) in [4.78, 5) is 0. The number of aliphatic hydroxyl groups excluding tert-OH is 2. The molecular formula is C15H25NO3. The van der Waals surface area contributed by atoms with Crippen LogP contribution in [0.4, 0.5) is 0 Å². The standard InChI is InChI=1S/C15H25NO3/c1-2-9-16-14(12-18)8-11-19-15-6-4-3-5-13(15)7-10-17/h3-6,14,16-18H,2,7-12H2,1H3. The molecule has 1 aromatic carbocycles.